The average molecular weight is 290 g/mol. The first-order valence-corrected chi connectivity index (χ1v) is 6.66. The molecule has 6 heteroatoms. The van der Waals surface area contributed by atoms with Gasteiger partial charge in [-0.15, -0.1) is 0 Å². The fraction of sp³-hybridized carbons (Fsp3) is 0.571. The van der Waals surface area contributed by atoms with Crippen molar-refractivity contribution < 1.29 is 17.9 Å². The summed E-state index contributed by atoms with van der Waals surface area (Å²) in [6, 6.07) is 4.28. The summed E-state index contributed by atoms with van der Waals surface area (Å²) in [7, 11) is 0. The van der Waals surface area contributed by atoms with Crippen molar-refractivity contribution in [3.63, 3.8) is 0 Å². The molecule has 0 aliphatic rings. The van der Waals surface area contributed by atoms with E-state index in [0.29, 0.717) is 32.0 Å². The maximum atomic E-state index is 13.0. The number of rotatable bonds is 7. The van der Waals surface area contributed by atoms with Gasteiger partial charge in [-0.3, -0.25) is 0 Å². The summed E-state index contributed by atoms with van der Waals surface area (Å²) in [5.74, 6) is 0. The van der Waals surface area contributed by atoms with Crippen molar-refractivity contribution in [2.75, 3.05) is 31.2 Å². The lowest BCUT2D eigenvalue weighted by Gasteiger charge is -2.24. The third kappa shape index (κ3) is 4.38. The lowest BCUT2D eigenvalue weighted by Crippen LogP contribution is -2.27. The van der Waals surface area contributed by atoms with Gasteiger partial charge in [0.2, 0.25) is 0 Å². The number of ether oxygens (including phenoxy) is 1. The summed E-state index contributed by atoms with van der Waals surface area (Å²) in [5, 5.41) is 0. The number of halogens is 3. The van der Waals surface area contributed by atoms with Gasteiger partial charge in [0.15, 0.2) is 0 Å². The molecule has 0 saturated carbocycles. The molecule has 0 saturated heterocycles. The van der Waals surface area contributed by atoms with Gasteiger partial charge >= 0.3 is 6.18 Å². The Morgan fingerprint density at radius 3 is 2.45 bits per heavy atom. The predicted octanol–water partition coefficient (Wildman–Crippen LogP) is 3.03. The van der Waals surface area contributed by atoms with E-state index in [4.69, 9.17) is 10.5 Å². The highest BCUT2D eigenvalue weighted by molar-refractivity contribution is 5.52. The number of hydrogen-bond donors (Lipinski definition) is 1. The van der Waals surface area contributed by atoms with Gasteiger partial charge < -0.3 is 15.4 Å². The standard InChI is InChI=1S/C14H21F3N2O/c1-3-19(7-8-20-4-2)12-6-5-11(10-18)13(9-12)14(15,16)17/h5-6,9H,3-4,7-8,10,18H2,1-2H3. The third-order valence-corrected chi connectivity index (χ3v) is 3.08. The van der Waals surface area contributed by atoms with Crippen molar-refractivity contribution in [3.05, 3.63) is 29.3 Å². The van der Waals surface area contributed by atoms with E-state index >= 15 is 0 Å². The Morgan fingerprint density at radius 1 is 1.25 bits per heavy atom. The first-order chi connectivity index (χ1) is 9.43. The van der Waals surface area contributed by atoms with Crippen molar-refractivity contribution in [1.82, 2.24) is 0 Å². The van der Waals surface area contributed by atoms with Crippen molar-refractivity contribution in [2.45, 2.75) is 26.6 Å². The molecule has 0 atom stereocenters. The summed E-state index contributed by atoms with van der Waals surface area (Å²) in [5.41, 5.74) is 5.36. The van der Waals surface area contributed by atoms with Gasteiger partial charge in [-0.1, -0.05) is 6.07 Å². The van der Waals surface area contributed by atoms with Crippen LogP contribution in [0.25, 0.3) is 0 Å². The van der Waals surface area contributed by atoms with E-state index in [9.17, 15) is 13.2 Å². The fourth-order valence-electron chi connectivity index (χ4n) is 1.99. The Hall–Kier alpha value is -1.27. The molecule has 20 heavy (non-hydrogen) atoms. The molecular weight excluding hydrogens is 269 g/mol. The van der Waals surface area contributed by atoms with E-state index in [1.807, 2.05) is 18.7 Å². The number of hydrogen-bond acceptors (Lipinski definition) is 3. The van der Waals surface area contributed by atoms with Crippen LogP contribution in [-0.2, 0) is 17.5 Å². The minimum absolute atomic E-state index is 0.113. The van der Waals surface area contributed by atoms with Crippen LogP contribution in [0, 0.1) is 0 Å². The summed E-state index contributed by atoms with van der Waals surface area (Å²) < 4.78 is 44.2. The predicted molar refractivity (Wildman–Crippen MR) is 73.7 cm³/mol. The molecule has 2 N–H and O–H groups in total. The van der Waals surface area contributed by atoms with E-state index in [0.717, 1.165) is 6.07 Å². The van der Waals surface area contributed by atoms with Gasteiger partial charge in [-0.05, 0) is 31.5 Å². The van der Waals surface area contributed by atoms with Crippen LogP contribution in [-0.4, -0.2) is 26.3 Å². The number of nitrogens with two attached hydrogens (primary N) is 1. The Morgan fingerprint density at radius 2 is 1.95 bits per heavy atom. The van der Waals surface area contributed by atoms with Crippen LogP contribution in [0.5, 0.6) is 0 Å². The molecule has 0 aliphatic heterocycles. The number of alkyl halides is 3. The second-order valence-electron chi connectivity index (χ2n) is 4.32. The number of anilines is 1. The molecule has 1 aromatic rings. The van der Waals surface area contributed by atoms with E-state index in [1.165, 1.54) is 6.07 Å². The van der Waals surface area contributed by atoms with Crippen LogP contribution >= 0.6 is 0 Å². The Balaban J connectivity index is 2.99. The van der Waals surface area contributed by atoms with E-state index in [1.54, 1.807) is 6.07 Å². The lowest BCUT2D eigenvalue weighted by atomic mass is 10.1. The number of benzene rings is 1. The van der Waals surface area contributed by atoms with Gasteiger partial charge in [0.25, 0.3) is 0 Å². The molecule has 1 aromatic carbocycles. The summed E-state index contributed by atoms with van der Waals surface area (Å²) >= 11 is 0. The van der Waals surface area contributed by atoms with Crippen molar-refractivity contribution >= 4 is 5.69 Å². The molecule has 3 nitrogen and oxygen atoms in total. The topological polar surface area (TPSA) is 38.5 Å². The number of nitrogens with zero attached hydrogens (tertiary/aromatic N) is 1. The molecular formula is C14H21F3N2O. The van der Waals surface area contributed by atoms with Crippen LogP contribution in [0.3, 0.4) is 0 Å². The minimum atomic E-state index is -4.38. The molecule has 0 heterocycles. The van der Waals surface area contributed by atoms with Crippen molar-refractivity contribution in [2.24, 2.45) is 5.73 Å². The molecule has 0 amide bonds. The van der Waals surface area contributed by atoms with Crippen molar-refractivity contribution in [3.8, 4) is 0 Å². The minimum Gasteiger partial charge on any atom is -0.380 e. The highest BCUT2D eigenvalue weighted by Gasteiger charge is 2.33. The first-order valence-electron chi connectivity index (χ1n) is 6.66. The molecule has 114 valence electrons. The SMILES string of the molecule is CCOCCN(CC)c1ccc(CN)c(C(F)(F)F)c1. The average Bonchev–Trinajstić information content (AvgIpc) is 2.42. The summed E-state index contributed by atoms with van der Waals surface area (Å²) in [6.45, 7) is 5.92. The quantitative estimate of drug-likeness (QED) is 0.784. The highest BCUT2D eigenvalue weighted by atomic mass is 19.4. The Labute approximate surface area is 117 Å². The maximum Gasteiger partial charge on any atom is 0.416 e. The second kappa shape index (κ2) is 7.50. The van der Waals surface area contributed by atoms with E-state index < -0.39 is 11.7 Å². The van der Waals surface area contributed by atoms with Gasteiger partial charge in [0.1, 0.15) is 0 Å². The molecule has 0 unspecified atom stereocenters. The normalized spacial score (nSPS) is 11.7. The lowest BCUT2D eigenvalue weighted by molar-refractivity contribution is -0.138. The first kappa shape index (κ1) is 16.8. The zero-order valence-corrected chi connectivity index (χ0v) is 11.8. The zero-order valence-electron chi connectivity index (χ0n) is 11.8. The molecule has 0 spiro atoms. The molecule has 0 aromatic heterocycles. The smallest absolute Gasteiger partial charge is 0.380 e. The van der Waals surface area contributed by atoms with Crippen LogP contribution in [0.2, 0.25) is 0 Å². The van der Waals surface area contributed by atoms with Gasteiger partial charge in [0.05, 0.1) is 12.2 Å². The molecule has 0 aliphatic carbocycles. The second-order valence-corrected chi connectivity index (χ2v) is 4.32. The van der Waals surface area contributed by atoms with E-state index in [-0.39, 0.29) is 12.1 Å². The van der Waals surface area contributed by atoms with Crippen LogP contribution in [0.4, 0.5) is 18.9 Å². The Kier molecular flexibility index (Phi) is 6.29. The van der Waals surface area contributed by atoms with Gasteiger partial charge in [-0.2, -0.15) is 13.2 Å². The molecule has 0 fully saturated rings. The zero-order chi connectivity index (χ0) is 15.2. The monoisotopic (exact) mass is 290 g/mol. The maximum absolute atomic E-state index is 13.0. The highest BCUT2D eigenvalue weighted by Crippen LogP contribution is 2.34. The largest absolute Gasteiger partial charge is 0.416 e. The van der Waals surface area contributed by atoms with Crippen LogP contribution in [0.15, 0.2) is 18.2 Å². The summed E-state index contributed by atoms with van der Waals surface area (Å²) in [4.78, 5) is 1.85. The molecule has 0 radical (unpaired) electrons. The molecule has 0 bridgehead atoms. The molecule has 1 rings (SSSR count). The van der Waals surface area contributed by atoms with Crippen LogP contribution in [0.1, 0.15) is 25.0 Å². The Bertz CT molecular complexity index is 421. The van der Waals surface area contributed by atoms with E-state index in [2.05, 4.69) is 0 Å². The summed E-state index contributed by atoms with van der Waals surface area (Å²) in [6.07, 6.45) is -4.38. The van der Waals surface area contributed by atoms with Gasteiger partial charge in [-0.25, -0.2) is 0 Å². The van der Waals surface area contributed by atoms with Crippen LogP contribution < -0.4 is 10.6 Å². The van der Waals surface area contributed by atoms with Gasteiger partial charge in [0, 0.05) is 31.9 Å². The number of likely N-dealkylation sites (N-methyl/N-ethyl adjacent to an activating group) is 1. The fourth-order valence-corrected chi connectivity index (χ4v) is 1.99. The third-order valence-electron chi connectivity index (χ3n) is 3.08. The van der Waals surface area contributed by atoms with Crippen molar-refractivity contribution in [1.29, 1.82) is 0 Å².